The zero-order valence-corrected chi connectivity index (χ0v) is 22.4. The van der Waals surface area contributed by atoms with E-state index < -0.39 is 22.4 Å². The summed E-state index contributed by atoms with van der Waals surface area (Å²) >= 11 is 4.61. The third-order valence-corrected chi connectivity index (χ3v) is 9.26. The van der Waals surface area contributed by atoms with Gasteiger partial charge in [0.05, 0.1) is 17.6 Å². The van der Waals surface area contributed by atoms with Crippen molar-refractivity contribution >= 4 is 38.5 Å². The number of thiol groups is 2. The van der Waals surface area contributed by atoms with Gasteiger partial charge in [-0.2, -0.15) is 9.93 Å². The van der Waals surface area contributed by atoms with Gasteiger partial charge in [-0.1, -0.05) is 31.2 Å². The normalized spacial score (nSPS) is 15.9. The molecule has 5 rings (SSSR count). The van der Waals surface area contributed by atoms with E-state index in [1.54, 1.807) is 34.9 Å². The molecule has 2 unspecified atom stereocenters. The largest absolute Gasteiger partial charge is 0.586 e. The molecule has 3 aromatic carbocycles. The number of carbonyl (C=O) groups is 1. The smallest absolute Gasteiger partial charge is 0.395 e. The number of para-hydroxylation sites is 1. The average Bonchev–Trinajstić information content (AvgIpc) is 3.43. The fourth-order valence-corrected chi connectivity index (χ4v) is 5.59. The van der Waals surface area contributed by atoms with Crippen LogP contribution < -0.4 is 14.8 Å². The average molecular weight is 562 g/mol. The van der Waals surface area contributed by atoms with Crippen LogP contribution in [0.5, 0.6) is 11.5 Å². The fourth-order valence-electron chi connectivity index (χ4n) is 4.33. The minimum Gasteiger partial charge on any atom is -0.395 e. The van der Waals surface area contributed by atoms with Gasteiger partial charge in [0.1, 0.15) is 5.82 Å². The summed E-state index contributed by atoms with van der Waals surface area (Å²) in [4.78, 5) is 18.5. The van der Waals surface area contributed by atoms with Crippen molar-refractivity contribution in [2.24, 2.45) is 0 Å². The highest BCUT2D eigenvalue weighted by molar-refractivity contribution is 8.78. The van der Waals surface area contributed by atoms with E-state index in [0.29, 0.717) is 28.7 Å². The summed E-state index contributed by atoms with van der Waals surface area (Å²) in [5.41, 5.74) is 2.69. The van der Waals surface area contributed by atoms with Gasteiger partial charge >= 0.3 is 6.29 Å². The van der Waals surface area contributed by atoms with Gasteiger partial charge in [0.2, 0.25) is 0 Å². The van der Waals surface area contributed by atoms with Crippen molar-refractivity contribution in [3.63, 3.8) is 0 Å². The van der Waals surface area contributed by atoms with Crippen LogP contribution in [0, 0.1) is 0 Å². The monoisotopic (exact) mass is 561 g/mol. The number of hydrogen-bond acceptors (Lipinski definition) is 5. The molecule has 1 aliphatic rings. The lowest BCUT2D eigenvalue weighted by molar-refractivity contribution is -0.286. The second-order valence-electron chi connectivity index (χ2n) is 8.85. The Hall–Kier alpha value is -3.31. The van der Waals surface area contributed by atoms with E-state index in [1.165, 1.54) is 17.9 Å². The van der Waals surface area contributed by atoms with E-state index >= 15 is 0 Å². The first kappa shape index (κ1) is 26.3. The van der Waals surface area contributed by atoms with Crippen molar-refractivity contribution < 1.29 is 27.4 Å². The number of aromatic nitrogens is 2. The fraction of sp³-hybridized carbons (Fsp3) is 0.259. The molecule has 0 saturated carbocycles. The van der Waals surface area contributed by atoms with Crippen LogP contribution in [0.3, 0.4) is 0 Å². The predicted molar refractivity (Wildman–Crippen MR) is 145 cm³/mol. The van der Waals surface area contributed by atoms with E-state index in [9.17, 15) is 18.0 Å². The molecule has 2 atom stereocenters. The van der Waals surface area contributed by atoms with E-state index in [4.69, 9.17) is 0 Å². The third kappa shape index (κ3) is 5.30. The van der Waals surface area contributed by atoms with Crippen LogP contribution in [0.1, 0.15) is 47.3 Å². The minimum absolute atomic E-state index is 0.0246. The number of fused-ring (bicyclic) bond motifs is 2. The molecule has 0 radical (unpaired) electrons. The number of amides is 1. The van der Waals surface area contributed by atoms with E-state index in [-0.39, 0.29) is 29.8 Å². The number of carbonyl (C=O) groups excluding carboxylic acids is 1. The van der Waals surface area contributed by atoms with E-state index in [1.807, 2.05) is 24.3 Å². The lowest BCUT2D eigenvalue weighted by Crippen LogP contribution is -2.26. The second kappa shape index (κ2) is 10.5. The molecule has 0 saturated heterocycles. The molecule has 4 aromatic rings. The molecule has 1 N–H and O–H groups in total. The molecule has 0 aliphatic carbocycles. The Labute approximate surface area is 225 Å². The number of ether oxygens (including phenoxy) is 2. The van der Waals surface area contributed by atoms with Gasteiger partial charge in [0.25, 0.3) is 5.91 Å². The topological polar surface area (TPSA) is 65.4 Å². The number of hydrogen-bond donors (Lipinski definition) is 3. The summed E-state index contributed by atoms with van der Waals surface area (Å²) < 4.78 is 52.7. The van der Waals surface area contributed by atoms with Gasteiger partial charge in [-0.3, -0.25) is 4.79 Å². The molecule has 1 aliphatic heterocycles. The molecule has 2 heterocycles. The Balaban J connectivity index is 1.37. The summed E-state index contributed by atoms with van der Waals surface area (Å²) in [5.74, 6) is 0.622. The highest BCUT2D eigenvalue weighted by Crippen LogP contribution is 2.44. The van der Waals surface area contributed by atoms with Gasteiger partial charge < -0.3 is 19.4 Å². The summed E-state index contributed by atoms with van der Waals surface area (Å²) in [6.07, 6.45) is -5.20. The summed E-state index contributed by atoms with van der Waals surface area (Å²) in [5, 5.41) is 2.90. The molecule has 1 aromatic heterocycles. The molecule has 0 spiro atoms. The highest BCUT2D eigenvalue weighted by atomic mass is 33.1. The van der Waals surface area contributed by atoms with Crippen molar-refractivity contribution in [1.82, 2.24) is 14.9 Å². The van der Waals surface area contributed by atoms with Crippen LogP contribution in [-0.4, -0.2) is 27.5 Å². The SMILES string of the molecule is CC[SH](S)c1ccc(CNC(=O)c2ccc3c(c2)nc(C(C)F)n3Cc2cccc3c2OC(F)(F)O3)cc1. The Bertz CT molecular complexity index is 1490. The first-order chi connectivity index (χ1) is 18.1. The van der Waals surface area contributed by atoms with Gasteiger partial charge in [-0.25, -0.2) is 9.37 Å². The number of rotatable bonds is 8. The number of nitrogens with one attached hydrogen (secondary N) is 1. The molecule has 200 valence electrons. The zero-order chi connectivity index (χ0) is 27.0. The molecular formula is C27H26F3N3O3S2. The highest BCUT2D eigenvalue weighted by Gasteiger charge is 2.44. The summed E-state index contributed by atoms with van der Waals surface area (Å²) in [7, 11) is -0.464. The Morgan fingerprint density at radius 3 is 2.63 bits per heavy atom. The first-order valence-electron chi connectivity index (χ1n) is 12.0. The summed E-state index contributed by atoms with van der Waals surface area (Å²) in [6.45, 7) is 3.82. The van der Waals surface area contributed by atoms with Crippen LogP contribution in [0.4, 0.5) is 13.2 Å². The Morgan fingerprint density at radius 2 is 1.92 bits per heavy atom. The molecule has 38 heavy (non-hydrogen) atoms. The maximum absolute atomic E-state index is 14.6. The molecular weight excluding hydrogens is 535 g/mol. The van der Waals surface area contributed by atoms with Gasteiger partial charge in [0, 0.05) is 17.7 Å². The first-order valence-corrected chi connectivity index (χ1v) is 14.7. The molecule has 11 heteroatoms. The Kier molecular flexibility index (Phi) is 7.23. The van der Waals surface area contributed by atoms with E-state index in [2.05, 4.69) is 38.4 Å². The molecule has 0 bridgehead atoms. The van der Waals surface area contributed by atoms with Crippen molar-refractivity contribution in [2.45, 2.75) is 44.3 Å². The van der Waals surface area contributed by atoms with Crippen LogP contribution in [-0.2, 0) is 13.1 Å². The standard InChI is InChI=1S/C27H26F3N3O3S2/c1-3-38(37)20-10-7-17(8-11-20)14-31-26(34)18-9-12-22-21(13-18)32-25(16(2)28)33(22)15-19-5-4-6-23-24(19)36-27(29,30)35-23/h4-13,16,37-38H,3,14-15H2,1-2H3,(H,31,34). The lowest BCUT2D eigenvalue weighted by atomic mass is 10.1. The molecule has 0 fully saturated rings. The van der Waals surface area contributed by atoms with Crippen LogP contribution in [0.15, 0.2) is 65.6 Å². The third-order valence-electron chi connectivity index (χ3n) is 6.22. The summed E-state index contributed by atoms with van der Waals surface area (Å²) in [6, 6.07) is 17.5. The number of halogens is 3. The zero-order valence-electron chi connectivity index (χ0n) is 20.6. The lowest BCUT2D eigenvalue weighted by Gasteiger charge is -2.13. The number of alkyl halides is 3. The minimum atomic E-state index is -3.76. The maximum atomic E-state index is 14.6. The van der Waals surface area contributed by atoms with Crippen LogP contribution in [0.2, 0.25) is 0 Å². The quantitative estimate of drug-likeness (QED) is 0.168. The van der Waals surface area contributed by atoms with Gasteiger partial charge in [-0.05, 0) is 59.5 Å². The molecule has 1 amide bonds. The maximum Gasteiger partial charge on any atom is 0.586 e. The number of imidazole rings is 1. The van der Waals surface area contributed by atoms with Crippen molar-refractivity contribution in [3.8, 4) is 11.5 Å². The van der Waals surface area contributed by atoms with E-state index in [0.717, 1.165) is 11.3 Å². The second-order valence-corrected chi connectivity index (χ2v) is 12.2. The van der Waals surface area contributed by atoms with Crippen molar-refractivity contribution in [1.29, 1.82) is 0 Å². The molecule has 6 nitrogen and oxygen atoms in total. The van der Waals surface area contributed by atoms with Crippen LogP contribution in [0.25, 0.3) is 11.0 Å². The Morgan fingerprint density at radius 1 is 1.16 bits per heavy atom. The number of benzene rings is 3. The van der Waals surface area contributed by atoms with Crippen molar-refractivity contribution in [3.05, 3.63) is 83.2 Å². The van der Waals surface area contributed by atoms with Crippen molar-refractivity contribution in [2.75, 3.05) is 5.75 Å². The van der Waals surface area contributed by atoms with Crippen LogP contribution >= 0.6 is 21.6 Å². The number of nitrogens with zero attached hydrogens (tertiary/aromatic N) is 2. The van der Waals surface area contributed by atoms with Gasteiger partial charge in [-0.15, -0.1) is 20.4 Å². The van der Waals surface area contributed by atoms with Gasteiger partial charge in [0.15, 0.2) is 17.7 Å². The predicted octanol–water partition coefficient (Wildman–Crippen LogP) is 6.59.